The number of ether oxygens (including phenoxy) is 2. The minimum Gasteiger partial charge on any atom is -0.453 e. The van der Waals surface area contributed by atoms with E-state index < -0.39 is 68.6 Å². The van der Waals surface area contributed by atoms with E-state index in [4.69, 9.17) is 28.8 Å². The topological polar surface area (TPSA) is 141 Å². The van der Waals surface area contributed by atoms with Gasteiger partial charge in [0.15, 0.2) is 6.10 Å². The number of phosphoric acid groups is 1. The molecule has 2 rings (SSSR count). The van der Waals surface area contributed by atoms with Crippen LogP contribution in [0.4, 0.5) is 14.6 Å². The number of carbonyl (C=O) groups excluding carboxylic acids is 1. The lowest BCUT2D eigenvalue weighted by molar-refractivity contribution is -0.179. The normalized spacial score (nSPS) is 22.9. The van der Waals surface area contributed by atoms with Crippen LogP contribution in [-0.2, 0) is 32.4 Å². The molecule has 0 aromatic carbocycles. The molecule has 188 valence electrons. The van der Waals surface area contributed by atoms with Crippen LogP contribution in [-0.4, -0.2) is 52.5 Å². The van der Waals surface area contributed by atoms with Crippen LogP contribution in [0.5, 0.6) is 0 Å². The van der Waals surface area contributed by atoms with Gasteiger partial charge in [-0.1, -0.05) is 13.8 Å². The first-order chi connectivity index (χ1) is 15.2. The molecule has 0 bridgehead atoms. The number of anilines is 1. The molecule has 1 aliphatic heterocycles. The number of esters is 1. The van der Waals surface area contributed by atoms with E-state index in [1.54, 1.807) is 27.7 Å². The highest BCUT2D eigenvalue weighted by Crippen LogP contribution is 2.53. The summed E-state index contributed by atoms with van der Waals surface area (Å²) in [5.41, 5.74) is 4.33. The summed E-state index contributed by atoms with van der Waals surface area (Å²) in [4.78, 5) is 27.7. The molecule has 0 amide bonds. The number of phosphoric ester groups is 1. The van der Waals surface area contributed by atoms with Gasteiger partial charge in [0.1, 0.15) is 11.9 Å². The third kappa shape index (κ3) is 6.80. The van der Waals surface area contributed by atoms with Crippen LogP contribution in [0.25, 0.3) is 0 Å². The zero-order valence-corrected chi connectivity index (χ0v) is 20.2. The highest BCUT2D eigenvalue weighted by atomic mass is 31.2. The number of carbonyl (C=O) groups is 1. The maximum absolute atomic E-state index is 15.3. The Bertz CT molecular complexity index is 926. The summed E-state index contributed by atoms with van der Waals surface area (Å²) in [7, 11) is -4.18. The molecule has 1 aromatic heterocycles. The zero-order valence-electron chi connectivity index (χ0n) is 19.3. The standard InChI is InChI=1S/C19H30F2N3O8P/c1-10(2)16(25)30-15-13(9-28-33(27,31-11(3)4)32-12(5)6)29-17(19(15,20)21)24-8-7-14(22)23-18(24)26/h7-8,10-13,15,17H,9H2,1-6H3,(H2,22,23,26)/t13-,15-,17-/m1/s1. The molecule has 11 nitrogen and oxygen atoms in total. The number of nitrogen functional groups attached to an aromatic ring is 1. The fraction of sp³-hybridized carbons (Fsp3) is 0.737. The largest absolute Gasteiger partial charge is 0.475 e. The van der Waals surface area contributed by atoms with E-state index in [0.29, 0.717) is 4.57 Å². The van der Waals surface area contributed by atoms with Gasteiger partial charge in [-0.2, -0.15) is 13.8 Å². The predicted octanol–water partition coefficient (Wildman–Crippen LogP) is 2.90. The van der Waals surface area contributed by atoms with Crippen LogP contribution in [0.1, 0.15) is 47.8 Å². The first-order valence-corrected chi connectivity index (χ1v) is 11.8. The van der Waals surface area contributed by atoms with Gasteiger partial charge in [0.25, 0.3) is 0 Å². The fourth-order valence-electron chi connectivity index (χ4n) is 2.88. The number of aromatic nitrogens is 2. The Hall–Kier alpha value is -1.92. The van der Waals surface area contributed by atoms with E-state index in [0.717, 1.165) is 12.3 Å². The van der Waals surface area contributed by atoms with Crippen molar-refractivity contribution >= 4 is 19.6 Å². The van der Waals surface area contributed by atoms with Crippen LogP contribution in [0.15, 0.2) is 17.1 Å². The van der Waals surface area contributed by atoms with E-state index in [1.807, 2.05) is 0 Å². The van der Waals surface area contributed by atoms with Crippen LogP contribution in [0, 0.1) is 5.92 Å². The second kappa shape index (κ2) is 10.6. The molecule has 2 heterocycles. The lowest BCUT2D eigenvalue weighted by Crippen LogP contribution is -2.45. The average Bonchev–Trinajstić information content (AvgIpc) is 2.89. The molecule has 33 heavy (non-hydrogen) atoms. The number of halogens is 2. The average molecular weight is 497 g/mol. The van der Waals surface area contributed by atoms with Crippen molar-refractivity contribution in [2.75, 3.05) is 12.3 Å². The third-order valence-corrected chi connectivity index (χ3v) is 6.07. The lowest BCUT2D eigenvalue weighted by atomic mass is 10.1. The van der Waals surface area contributed by atoms with Crippen molar-refractivity contribution < 1.29 is 41.2 Å². The van der Waals surface area contributed by atoms with Gasteiger partial charge in [0.05, 0.1) is 24.7 Å². The number of rotatable bonds is 10. The molecular weight excluding hydrogens is 467 g/mol. The van der Waals surface area contributed by atoms with Gasteiger partial charge in [-0.25, -0.2) is 9.36 Å². The van der Waals surface area contributed by atoms with E-state index in [-0.39, 0.29) is 5.82 Å². The minimum atomic E-state index is -4.18. The molecule has 1 aliphatic rings. The smallest absolute Gasteiger partial charge is 0.453 e. The summed E-state index contributed by atoms with van der Waals surface area (Å²) in [6.45, 7) is 8.54. The highest BCUT2D eigenvalue weighted by molar-refractivity contribution is 7.48. The second-order valence-corrected chi connectivity index (χ2v) is 9.88. The van der Waals surface area contributed by atoms with Crippen LogP contribution in [0.3, 0.4) is 0 Å². The van der Waals surface area contributed by atoms with Crippen molar-refractivity contribution in [3.8, 4) is 0 Å². The van der Waals surface area contributed by atoms with Gasteiger partial charge in [-0.05, 0) is 33.8 Å². The maximum Gasteiger partial charge on any atom is 0.475 e. The molecule has 2 N–H and O–H groups in total. The van der Waals surface area contributed by atoms with Crippen molar-refractivity contribution in [3.63, 3.8) is 0 Å². The molecule has 0 saturated carbocycles. The second-order valence-electron chi connectivity index (χ2n) is 8.31. The Labute approximate surface area is 190 Å². The van der Waals surface area contributed by atoms with E-state index in [2.05, 4.69) is 4.98 Å². The van der Waals surface area contributed by atoms with Gasteiger partial charge < -0.3 is 15.2 Å². The summed E-state index contributed by atoms with van der Waals surface area (Å²) in [6, 6.07) is 1.14. The van der Waals surface area contributed by atoms with E-state index >= 15 is 8.78 Å². The molecule has 1 aromatic rings. The van der Waals surface area contributed by atoms with Crippen molar-refractivity contribution in [1.82, 2.24) is 9.55 Å². The molecule has 1 fully saturated rings. The van der Waals surface area contributed by atoms with Crippen molar-refractivity contribution in [1.29, 1.82) is 0 Å². The zero-order chi connectivity index (χ0) is 25.1. The minimum absolute atomic E-state index is 0.169. The summed E-state index contributed by atoms with van der Waals surface area (Å²) in [6.07, 6.45) is -6.11. The summed E-state index contributed by atoms with van der Waals surface area (Å²) < 4.78 is 70.3. The number of hydrogen-bond acceptors (Lipinski definition) is 10. The number of alkyl halides is 2. The lowest BCUT2D eigenvalue weighted by Gasteiger charge is -2.26. The van der Waals surface area contributed by atoms with Crippen molar-refractivity contribution in [2.45, 2.75) is 78.1 Å². The first kappa shape index (κ1) is 27.3. The molecule has 1 saturated heterocycles. The Morgan fingerprint density at radius 3 is 2.30 bits per heavy atom. The maximum atomic E-state index is 15.3. The third-order valence-electron chi connectivity index (χ3n) is 4.25. The van der Waals surface area contributed by atoms with E-state index in [1.165, 1.54) is 13.8 Å². The molecule has 3 atom stereocenters. The van der Waals surface area contributed by atoms with Gasteiger partial charge in [0.2, 0.25) is 6.23 Å². The first-order valence-electron chi connectivity index (χ1n) is 10.4. The van der Waals surface area contributed by atoms with Crippen molar-refractivity contribution in [2.24, 2.45) is 5.92 Å². The SMILES string of the molecule is CC(C)OP(=O)(OC[C@H]1O[C@@H](n2ccc(N)nc2=O)C(F)(F)[C@@H]1OC(=O)C(C)C)OC(C)C. The van der Waals surface area contributed by atoms with Gasteiger partial charge in [0, 0.05) is 6.20 Å². The number of nitrogens with two attached hydrogens (primary N) is 1. The van der Waals surface area contributed by atoms with Crippen LogP contribution in [0.2, 0.25) is 0 Å². The van der Waals surface area contributed by atoms with Crippen LogP contribution >= 0.6 is 7.82 Å². The Morgan fingerprint density at radius 2 is 1.82 bits per heavy atom. The van der Waals surface area contributed by atoms with Gasteiger partial charge in [-0.3, -0.25) is 22.9 Å². The summed E-state index contributed by atoms with van der Waals surface area (Å²) in [5.74, 6) is -5.68. The molecule has 14 heteroatoms. The predicted molar refractivity (Wildman–Crippen MR) is 112 cm³/mol. The monoisotopic (exact) mass is 497 g/mol. The summed E-state index contributed by atoms with van der Waals surface area (Å²) in [5, 5.41) is 0. The van der Waals surface area contributed by atoms with Crippen molar-refractivity contribution in [3.05, 3.63) is 22.7 Å². The fourth-order valence-corrected chi connectivity index (χ4v) is 4.41. The highest BCUT2D eigenvalue weighted by Gasteiger charge is 2.63. The quantitative estimate of drug-likeness (QED) is 0.379. The molecule has 0 spiro atoms. The molecular formula is C19H30F2N3O8P. The van der Waals surface area contributed by atoms with Crippen LogP contribution < -0.4 is 11.4 Å². The summed E-state index contributed by atoms with van der Waals surface area (Å²) >= 11 is 0. The van der Waals surface area contributed by atoms with Gasteiger partial charge in [-0.15, -0.1) is 0 Å². The van der Waals surface area contributed by atoms with E-state index in [9.17, 15) is 14.2 Å². The molecule has 0 unspecified atom stereocenters. The number of hydrogen-bond donors (Lipinski definition) is 1. The Morgan fingerprint density at radius 1 is 1.24 bits per heavy atom. The van der Waals surface area contributed by atoms with Gasteiger partial charge >= 0.3 is 25.4 Å². The Balaban J connectivity index is 2.37. The Kier molecular flexibility index (Phi) is 8.74. The molecule has 0 aliphatic carbocycles. The molecule has 0 radical (unpaired) electrons. The number of nitrogens with zero attached hydrogens (tertiary/aromatic N) is 2.